The largest absolute Gasteiger partial charge is 0.466 e. The summed E-state index contributed by atoms with van der Waals surface area (Å²) < 4.78 is 10.1. The lowest BCUT2D eigenvalue weighted by Gasteiger charge is -2.32. The third kappa shape index (κ3) is 1.61. The van der Waals surface area contributed by atoms with Gasteiger partial charge in [-0.15, -0.1) is 0 Å². The average Bonchev–Trinajstić information content (AvgIpc) is 3.02. The van der Waals surface area contributed by atoms with Crippen molar-refractivity contribution in [2.24, 2.45) is 17.8 Å². The van der Waals surface area contributed by atoms with Crippen LogP contribution in [0.3, 0.4) is 0 Å². The fourth-order valence-corrected chi connectivity index (χ4v) is 3.45. The quantitative estimate of drug-likeness (QED) is 0.558. The molecule has 5 heteroatoms. The Labute approximate surface area is 106 Å². The van der Waals surface area contributed by atoms with Crippen molar-refractivity contribution in [2.75, 3.05) is 19.8 Å². The maximum absolute atomic E-state index is 12.1. The van der Waals surface area contributed by atoms with E-state index in [1.54, 1.807) is 11.8 Å². The zero-order valence-electron chi connectivity index (χ0n) is 10.4. The van der Waals surface area contributed by atoms with Crippen molar-refractivity contribution in [1.82, 2.24) is 4.90 Å². The van der Waals surface area contributed by atoms with E-state index in [2.05, 4.69) is 12.2 Å². The normalized spacial score (nSPS) is 37.2. The molecule has 3 rings (SSSR count). The minimum absolute atomic E-state index is 0.0750. The zero-order valence-corrected chi connectivity index (χ0v) is 10.4. The maximum atomic E-state index is 12.1. The molecule has 0 radical (unpaired) electrons. The Morgan fingerprint density at radius 3 is 2.94 bits per heavy atom. The number of allylic oxidation sites excluding steroid dienone is 1. The Kier molecular flexibility index (Phi) is 2.76. The summed E-state index contributed by atoms with van der Waals surface area (Å²) in [7, 11) is 0. The third-order valence-electron chi connectivity index (χ3n) is 4.13. The van der Waals surface area contributed by atoms with Crippen LogP contribution in [0.5, 0.6) is 0 Å². The number of cyclic esters (lactones) is 1. The number of esters is 1. The van der Waals surface area contributed by atoms with Gasteiger partial charge in [0.05, 0.1) is 25.1 Å². The Bertz CT molecular complexity index is 406. The highest BCUT2D eigenvalue weighted by Gasteiger charge is 2.53. The van der Waals surface area contributed by atoms with Gasteiger partial charge in [-0.25, -0.2) is 4.79 Å². The molecule has 0 aromatic carbocycles. The second-order valence-corrected chi connectivity index (χ2v) is 5.02. The number of nitrogens with zero attached hydrogens (tertiary/aromatic N) is 1. The van der Waals surface area contributed by atoms with Crippen molar-refractivity contribution in [2.45, 2.75) is 19.4 Å². The van der Waals surface area contributed by atoms with Gasteiger partial charge in [0.1, 0.15) is 6.61 Å². The molecule has 5 nitrogen and oxygen atoms in total. The van der Waals surface area contributed by atoms with Crippen LogP contribution in [0.25, 0.3) is 0 Å². The Hall–Kier alpha value is -1.52. The van der Waals surface area contributed by atoms with Gasteiger partial charge >= 0.3 is 12.1 Å². The van der Waals surface area contributed by atoms with E-state index in [9.17, 15) is 9.59 Å². The molecule has 1 amide bonds. The molecule has 0 unspecified atom stereocenters. The lowest BCUT2D eigenvalue weighted by Crippen LogP contribution is -2.47. The van der Waals surface area contributed by atoms with E-state index in [-0.39, 0.29) is 35.9 Å². The molecule has 2 aliphatic carbocycles. The number of rotatable bonds is 3. The molecular weight excluding hydrogens is 234 g/mol. The molecule has 1 saturated heterocycles. The molecular formula is C13H17NO4. The van der Waals surface area contributed by atoms with E-state index >= 15 is 0 Å². The van der Waals surface area contributed by atoms with Gasteiger partial charge in [0.2, 0.25) is 0 Å². The molecule has 2 fully saturated rings. The maximum Gasteiger partial charge on any atom is 0.410 e. The third-order valence-corrected chi connectivity index (χ3v) is 4.13. The van der Waals surface area contributed by atoms with Crippen LogP contribution < -0.4 is 0 Å². The van der Waals surface area contributed by atoms with Gasteiger partial charge in [0, 0.05) is 0 Å². The molecule has 1 aliphatic heterocycles. The standard InChI is InChI=1S/C13H17NO4/c1-2-17-12(15)10-8-3-4-9(7-8)11(10)14-5-6-18-13(14)16/h3-4,8-11H,2,5-7H2,1H3/t8-,9+,10+,11+/m0/s1. The molecule has 0 N–H and O–H groups in total. The highest BCUT2D eigenvalue weighted by Crippen LogP contribution is 2.47. The first kappa shape index (κ1) is 11.6. The van der Waals surface area contributed by atoms with Crippen molar-refractivity contribution in [3.05, 3.63) is 12.2 Å². The molecule has 3 aliphatic rings. The molecule has 1 saturated carbocycles. The van der Waals surface area contributed by atoms with Gasteiger partial charge in [-0.05, 0) is 25.2 Å². The van der Waals surface area contributed by atoms with Crippen LogP contribution in [-0.4, -0.2) is 42.8 Å². The lowest BCUT2D eigenvalue weighted by molar-refractivity contribution is -0.150. The van der Waals surface area contributed by atoms with E-state index in [1.807, 2.05) is 0 Å². The van der Waals surface area contributed by atoms with Crippen LogP contribution in [0, 0.1) is 17.8 Å². The summed E-state index contributed by atoms with van der Waals surface area (Å²) in [5.74, 6) is 0.0900. The number of amides is 1. The van der Waals surface area contributed by atoms with Crippen molar-refractivity contribution in [1.29, 1.82) is 0 Å². The summed E-state index contributed by atoms with van der Waals surface area (Å²) in [6, 6.07) is -0.0750. The first-order valence-corrected chi connectivity index (χ1v) is 6.50. The topological polar surface area (TPSA) is 55.8 Å². The summed E-state index contributed by atoms with van der Waals surface area (Å²) in [6.07, 6.45) is 4.86. The summed E-state index contributed by atoms with van der Waals surface area (Å²) >= 11 is 0. The average molecular weight is 251 g/mol. The van der Waals surface area contributed by atoms with Crippen LogP contribution >= 0.6 is 0 Å². The zero-order chi connectivity index (χ0) is 12.7. The van der Waals surface area contributed by atoms with E-state index in [0.717, 1.165) is 6.42 Å². The number of carbonyl (C=O) groups excluding carboxylic acids is 2. The summed E-state index contributed by atoms with van der Waals surface area (Å²) in [4.78, 5) is 25.5. The molecule has 1 heterocycles. The van der Waals surface area contributed by atoms with E-state index < -0.39 is 0 Å². The van der Waals surface area contributed by atoms with Gasteiger partial charge in [-0.3, -0.25) is 4.79 Å². The molecule has 4 atom stereocenters. The van der Waals surface area contributed by atoms with Crippen LogP contribution in [0.1, 0.15) is 13.3 Å². The monoisotopic (exact) mass is 251 g/mol. The first-order chi connectivity index (χ1) is 8.72. The van der Waals surface area contributed by atoms with Crippen LogP contribution in [0.4, 0.5) is 4.79 Å². The Morgan fingerprint density at radius 1 is 1.50 bits per heavy atom. The van der Waals surface area contributed by atoms with E-state index in [4.69, 9.17) is 9.47 Å². The smallest absolute Gasteiger partial charge is 0.410 e. The molecule has 0 aromatic heterocycles. The predicted octanol–water partition coefficient (Wildman–Crippen LogP) is 1.19. The van der Waals surface area contributed by atoms with E-state index in [0.29, 0.717) is 19.8 Å². The predicted molar refractivity (Wildman–Crippen MR) is 62.7 cm³/mol. The lowest BCUT2D eigenvalue weighted by atomic mass is 9.88. The Balaban J connectivity index is 1.84. The number of hydrogen-bond donors (Lipinski definition) is 0. The van der Waals surface area contributed by atoms with Crippen molar-refractivity contribution in [3.8, 4) is 0 Å². The fourth-order valence-electron chi connectivity index (χ4n) is 3.45. The number of ether oxygens (including phenoxy) is 2. The molecule has 98 valence electrons. The molecule has 18 heavy (non-hydrogen) atoms. The fraction of sp³-hybridized carbons (Fsp3) is 0.692. The second kappa shape index (κ2) is 4.30. The Morgan fingerprint density at radius 2 is 2.28 bits per heavy atom. The van der Waals surface area contributed by atoms with Gasteiger partial charge in [0.15, 0.2) is 0 Å². The van der Waals surface area contributed by atoms with Crippen molar-refractivity contribution >= 4 is 12.1 Å². The van der Waals surface area contributed by atoms with Crippen LogP contribution in [-0.2, 0) is 14.3 Å². The minimum Gasteiger partial charge on any atom is -0.466 e. The molecule has 0 spiro atoms. The minimum atomic E-state index is -0.296. The van der Waals surface area contributed by atoms with Crippen molar-refractivity contribution in [3.63, 3.8) is 0 Å². The number of hydrogen-bond acceptors (Lipinski definition) is 4. The summed E-state index contributed by atoms with van der Waals surface area (Å²) in [5.41, 5.74) is 0. The first-order valence-electron chi connectivity index (χ1n) is 6.50. The van der Waals surface area contributed by atoms with Crippen LogP contribution in [0.2, 0.25) is 0 Å². The summed E-state index contributed by atoms with van der Waals surface area (Å²) in [6.45, 7) is 3.19. The number of fused-ring (bicyclic) bond motifs is 2. The molecule has 0 aromatic rings. The van der Waals surface area contributed by atoms with Gasteiger partial charge in [-0.1, -0.05) is 12.2 Å². The summed E-state index contributed by atoms with van der Waals surface area (Å²) in [5, 5.41) is 0. The van der Waals surface area contributed by atoms with Gasteiger partial charge in [-0.2, -0.15) is 0 Å². The van der Waals surface area contributed by atoms with Gasteiger partial charge in [0.25, 0.3) is 0 Å². The van der Waals surface area contributed by atoms with Crippen LogP contribution in [0.15, 0.2) is 12.2 Å². The molecule has 2 bridgehead atoms. The number of carbonyl (C=O) groups is 2. The highest BCUT2D eigenvalue weighted by atomic mass is 16.6. The van der Waals surface area contributed by atoms with E-state index in [1.165, 1.54) is 0 Å². The highest BCUT2D eigenvalue weighted by molar-refractivity contribution is 5.77. The SMILES string of the molecule is CCOC(=O)[C@H]1[C@H](N2CCOC2=O)[C@@H]2C=C[C@H]1C2. The second-order valence-electron chi connectivity index (χ2n) is 5.02. The van der Waals surface area contributed by atoms with Gasteiger partial charge < -0.3 is 14.4 Å². The van der Waals surface area contributed by atoms with Crippen molar-refractivity contribution < 1.29 is 19.1 Å².